The molecule has 0 spiro atoms. The lowest BCUT2D eigenvalue weighted by molar-refractivity contribution is -0.122. The molecule has 0 heterocycles. The smallest absolute Gasteiger partial charge is 0.220 e. The van der Waals surface area contributed by atoms with E-state index in [-0.39, 0.29) is 11.8 Å². The zero-order chi connectivity index (χ0) is 9.90. The van der Waals surface area contributed by atoms with E-state index >= 15 is 0 Å². The van der Waals surface area contributed by atoms with Crippen LogP contribution in [0.1, 0.15) is 52.4 Å². The van der Waals surface area contributed by atoms with Gasteiger partial charge in [-0.3, -0.25) is 4.79 Å². The Bertz CT molecular complexity index is 183. The number of hydrogen-bond acceptors (Lipinski definition) is 1. The van der Waals surface area contributed by atoms with Gasteiger partial charge in [-0.05, 0) is 24.7 Å². The fourth-order valence-electron chi connectivity index (χ4n) is 2.45. The lowest BCUT2D eigenvalue weighted by atomic mass is 9.71. The molecule has 1 rings (SSSR count). The number of carbonyl (C=O) groups excluding carboxylic acids is 1. The van der Waals surface area contributed by atoms with Crippen LogP contribution in [0.15, 0.2) is 0 Å². The van der Waals surface area contributed by atoms with Crippen molar-refractivity contribution in [1.82, 2.24) is 0 Å². The van der Waals surface area contributed by atoms with E-state index in [1.807, 2.05) is 6.92 Å². The van der Waals surface area contributed by atoms with Gasteiger partial charge in [-0.25, -0.2) is 0 Å². The maximum Gasteiger partial charge on any atom is 0.220 e. The summed E-state index contributed by atoms with van der Waals surface area (Å²) >= 11 is 0. The fraction of sp³-hybridized carbons (Fsp3) is 0.909. The van der Waals surface area contributed by atoms with Gasteiger partial charge in [0.2, 0.25) is 5.91 Å². The summed E-state index contributed by atoms with van der Waals surface area (Å²) in [4.78, 5) is 10.9. The largest absolute Gasteiger partial charge is 0.369 e. The highest BCUT2D eigenvalue weighted by Crippen LogP contribution is 2.40. The van der Waals surface area contributed by atoms with Crippen LogP contribution >= 0.6 is 0 Å². The van der Waals surface area contributed by atoms with Crippen molar-refractivity contribution in [2.24, 2.45) is 17.1 Å². The maximum atomic E-state index is 10.9. The molecule has 13 heavy (non-hydrogen) atoms. The molecule has 2 nitrogen and oxygen atoms in total. The van der Waals surface area contributed by atoms with E-state index in [4.69, 9.17) is 5.73 Å². The monoisotopic (exact) mass is 183 g/mol. The normalized spacial score (nSPS) is 23.8. The highest BCUT2D eigenvalue weighted by atomic mass is 16.1. The summed E-state index contributed by atoms with van der Waals surface area (Å²) in [5, 5.41) is 0. The van der Waals surface area contributed by atoms with Crippen LogP contribution in [0.2, 0.25) is 0 Å². The molecule has 1 fully saturated rings. The summed E-state index contributed by atoms with van der Waals surface area (Å²) in [6.45, 7) is 4.24. The average Bonchev–Trinajstić information content (AvgIpc) is 2.04. The SMILES string of the molecule is CC(CC1(C)CCCCC1)C(N)=O. The molecule has 0 saturated heterocycles. The molecule has 1 aliphatic rings. The number of nitrogens with two attached hydrogens (primary N) is 1. The Morgan fingerprint density at radius 1 is 1.38 bits per heavy atom. The van der Waals surface area contributed by atoms with Crippen molar-refractivity contribution in [3.63, 3.8) is 0 Å². The molecule has 1 saturated carbocycles. The third kappa shape index (κ3) is 3.02. The molecule has 0 aromatic heterocycles. The van der Waals surface area contributed by atoms with Gasteiger partial charge in [0.25, 0.3) is 0 Å². The fourth-order valence-corrected chi connectivity index (χ4v) is 2.45. The van der Waals surface area contributed by atoms with Gasteiger partial charge in [0, 0.05) is 5.92 Å². The van der Waals surface area contributed by atoms with Crippen LogP contribution in [0, 0.1) is 11.3 Å². The van der Waals surface area contributed by atoms with Crippen molar-refractivity contribution in [2.45, 2.75) is 52.4 Å². The molecule has 0 aromatic rings. The first kappa shape index (κ1) is 10.6. The van der Waals surface area contributed by atoms with Crippen LogP contribution in [0.4, 0.5) is 0 Å². The van der Waals surface area contributed by atoms with E-state index in [0.717, 1.165) is 6.42 Å². The number of primary amides is 1. The van der Waals surface area contributed by atoms with Crippen molar-refractivity contribution in [3.8, 4) is 0 Å². The molecule has 0 radical (unpaired) electrons. The first-order valence-corrected chi connectivity index (χ1v) is 5.33. The molecule has 1 unspecified atom stereocenters. The molecule has 2 heteroatoms. The van der Waals surface area contributed by atoms with Crippen LogP contribution in [0.25, 0.3) is 0 Å². The second-order valence-corrected chi connectivity index (χ2v) is 4.88. The Labute approximate surface area is 80.9 Å². The Kier molecular flexibility index (Phi) is 3.34. The Morgan fingerprint density at radius 3 is 2.38 bits per heavy atom. The molecule has 0 aromatic carbocycles. The quantitative estimate of drug-likeness (QED) is 0.717. The van der Waals surface area contributed by atoms with Crippen LogP contribution in [0.3, 0.4) is 0 Å². The summed E-state index contributed by atoms with van der Waals surface area (Å²) in [5.74, 6) is -0.102. The predicted octanol–water partition coefficient (Wildman–Crippen LogP) is 2.47. The molecular weight excluding hydrogens is 162 g/mol. The zero-order valence-corrected chi connectivity index (χ0v) is 8.81. The molecule has 1 atom stereocenters. The Balaban J connectivity index is 2.45. The first-order valence-electron chi connectivity index (χ1n) is 5.33. The summed E-state index contributed by atoms with van der Waals surface area (Å²) in [5.41, 5.74) is 5.65. The standard InChI is InChI=1S/C11H21NO/c1-9(10(12)13)8-11(2)6-4-3-5-7-11/h9H,3-8H2,1-2H3,(H2,12,13). The van der Waals surface area contributed by atoms with E-state index < -0.39 is 0 Å². The van der Waals surface area contributed by atoms with Gasteiger partial charge < -0.3 is 5.73 Å². The van der Waals surface area contributed by atoms with Crippen LogP contribution < -0.4 is 5.73 Å². The minimum absolute atomic E-state index is 0.0445. The van der Waals surface area contributed by atoms with E-state index in [2.05, 4.69) is 6.92 Å². The van der Waals surface area contributed by atoms with E-state index in [1.54, 1.807) is 0 Å². The third-order valence-corrected chi connectivity index (χ3v) is 3.35. The van der Waals surface area contributed by atoms with Gasteiger partial charge in [0.05, 0.1) is 0 Å². The third-order valence-electron chi connectivity index (χ3n) is 3.35. The summed E-state index contributed by atoms with van der Waals surface area (Å²) in [7, 11) is 0. The highest BCUT2D eigenvalue weighted by Gasteiger charge is 2.29. The van der Waals surface area contributed by atoms with Gasteiger partial charge in [-0.15, -0.1) is 0 Å². The second kappa shape index (κ2) is 4.12. The lowest BCUT2D eigenvalue weighted by Crippen LogP contribution is -2.29. The van der Waals surface area contributed by atoms with Gasteiger partial charge in [0.15, 0.2) is 0 Å². The Hall–Kier alpha value is -0.530. The molecule has 1 amide bonds. The first-order chi connectivity index (χ1) is 6.03. The topological polar surface area (TPSA) is 43.1 Å². The van der Waals surface area contributed by atoms with Gasteiger partial charge in [0.1, 0.15) is 0 Å². The highest BCUT2D eigenvalue weighted by molar-refractivity contribution is 5.76. The summed E-state index contributed by atoms with van der Waals surface area (Å²) in [6, 6.07) is 0. The minimum atomic E-state index is -0.146. The summed E-state index contributed by atoms with van der Waals surface area (Å²) < 4.78 is 0. The van der Waals surface area contributed by atoms with Crippen molar-refractivity contribution in [2.75, 3.05) is 0 Å². The molecule has 0 aliphatic heterocycles. The molecule has 2 N–H and O–H groups in total. The number of hydrogen-bond donors (Lipinski definition) is 1. The van der Waals surface area contributed by atoms with Crippen molar-refractivity contribution < 1.29 is 4.79 Å². The van der Waals surface area contributed by atoms with Crippen LogP contribution in [-0.2, 0) is 4.79 Å². The molecular formula is C11H21NO. The van der Waals surface area contributed by atoms with Gasteiger partial charge in [-0.1, -0.05) is 33.1 Å². The molecule has 76 valence electrons. The van der Waals surface area contributed by atoms with Gasteiger partial charge in [-0.2, -0.15) is 0 Å². The van der Waals surface area contributed by atoms with E-state index in [1.165, 1.54) is 32.1 Å². The van der Waals surface area contributed by atoms with Crippen molar-refractivity contribution in [3.05, 3.63) is 0 Å². The Morgan fingerprint density at radius 2 is 1.92 bits per heavy atom. The average molecular weight is 183 g/mol. The summed E-state index contributed by atoms with van der Waals surface area (Å²) in [6.07, 6.45) is 7.52. The zero-order valence-electron chi connectivity index (χ0n) is 8.81. The van der Waals surface area contributed by atoms with Gasteiger partial charge >= 0.3 is 0 Å². The van der Waals surface area contributed by atoms with Crippen molar-refractivity contribution in [1.29, 1.82) is 0 Å². The number of rotatable bonds is 3. The number of carbonyl (C=O) groups is 1. The van der Waals surface area contributed by atoms with Crippen molar-refractivity contribution >= 4 is 5.91 Å². The maximum absolute atomic E-state index is 10.9. The predicted molar refractivity (Wildman–Crippen MR) is 54.2 cm³/mol. The minimum Gasteiger partial charge on any atom is -0.369 e. The molecule has 0 bridgehead atoms. The van der Waals surface area contributed by atoms with E-state index in [0.29, 0.717) is 5.41 Å². The lowest BCUT2D eigenvalue weighted by Gasteiger charge is -2.35. The second-order valence-electron chi connectivity index (χ2n) is 4.88. The van der Waals surface area contributed by atoms with E-state index in [9.17, 15) is 4.79 Å². The van der Waals surface area contributed by atoms with Crippen LogP contribution in [-0.4, -0.2) is 5.91 Å². The molecule has 1 aliphatic carbocycles. The van der Waals surface area contributed by atoms with Crippen LogP contribution in [0.5, 0.6) is 0 Å². The number of amides is 1.